The molecule has 0 N–H and O–H groups in total. The van der Waals surface area contributed by atoms with Crippen LogP contribution in [0.4, 0.5) is 0 Å². The smallest absolute Gasteiger partial charge is 0.0908 e. The van der Waals surface area contributed by atoms with Gasteiger partial charge >= 0.3 is 0 Å². The summed E-state index contributed by atoms with van der Waals surface area (Å²) in [5.41, 5.74) is 0. The zero-order valence-corrected chi connectivity index (χ0v) is 6.95. The Morgan fingerprint density at radius 3 is 2.82 bits per heavy atom. The van der Waals surface area contributed by atoms with Crippen molar-refractivity contribution in [3.05, 3.63) is 12.2 Å². The Morgan fingerprint density at radius 2 is 2.36 bits per heavy atom. The molecular formula is C9H14N2. The quantitative estimate of drug-likeness (QED) is 0.569. The van der Waals surface area contributed by atoms with Gasteiger partial charge in [-0.3, -0.25) is 0 Å². The molecule has 1 atom stereocenters. The van der Waals surface area contributed by atoms with Crippen LogP contribution >= 0.6 is 0 Å². The van der Waals surface area contributed by atoms with Crippen LogP contribution in [0.2, 0.25) is 0 Å². The first-order valence-electron chi connectivity index (χ1n) is 4.11. The van der Waals surface area contributed by atoms with E-state index in [0.29, 0.717) is 5.92 Å². The van der Waals surface area contributed by atoms with E-state index in [2.05, 4.69) is 11.8 Å². The molecule has 0 bridgehead atoms. The molecule has 0 spiro atoms. The fourth-order valence-electron chi connectivity index (χ4n) is 1.24. The highest BCUT2D eigenvalue weighted by Gasteiger charge is 2.14. The molecule has 2 heteroatoms. The second-order valence-corrected chi connectivity index (χ2v) is 3.12. The molecule has 1 unspecified atom stereocenters. The van der Waals surface area contributed by atoms with E-state index in [1.807, 2.05) is 12.1 Å². The van der Waals surface area contributed by atoms with Crippen molar-refractivity contribution in [3.63, 3.8) is 0 Å². The van der Waals surface area contributed by atoms with E-state index >= 15 is 0 Å². The summed E-state index contributed by atoms with van der Waals surface area (Å²) in [6.45, 7) is 5.74. The highest BCUT2D eigenvalue weighted by Crippen LogP contribution is 2.09. The summed E-state index contributed by atoms with van der Waals surface area (Å²) >= 11 is 0. The van der Waals surface area contributed by atoms with Crippen LogP contribution in [0.25, 0.3) is 0 Å². The van der Waals surface area contributed by atoms with Gasteiger partial charge in [-0.25, -0.2) is 0 Å². The molecule has 0 amide bonds. The second-order valence-electron chi connectivity index (χ2n) is 3.12. The zero-order valence-electron chi connectivity index (χ0n) is 6.95. The van der Waals surface area contributed by atoms with Gasteiger partial charge in [-0.05, 0) is 25.4 Å². The van der Waals surface area contributed by atoms with Crippen molar-refractivity contribution in [2.75, 3.05) is 19.6 Å². The highest BCUT2D eigenvalue weighted by molar-refractivity contribution is 5.03. The van der Waals surface area contributed by atoms with Crippen molar-refractivity contribution >= 4 is 0 Å². The molecule has 0 aliphatic carbocycles. The first kappa shape index (κ1) is 8.29. The lowest BCUT2D eigenvalue weighted by Gasteiger charge is -2.32. The Balaban J connectivity index is 2.15. The minimum Gasteiger partial charge on any atom is -0.303 e. The summed E-state index contributed by atoms with van der Waals surface area (Å²) in [6, 6.07) is 2.01. The third-order valence-electron chi connectivity index (χ3n) is 1.99. The topological polar surface area (TPSA) is 27.0 Å². The molecule has 0 saturated carbocycles. The minimum absolute atomic E-state index is 0.523. The molecule has 1 rings (SSSR count). The van der Waals surface area contributed by atoms with E-state index < -0.39 is 0 Å². The lowest BCUT2D eigenvalue weighted by molar-refractivity contribution is 0.167. The van der Waals surface area contributed by atoms with E-state index in [9.17, 15) is 0 Å². The predicted octanol–water partition coefficient (Wildman–Crippen LogP) is 1.41. The maximum atomic E-state index is 8.27. The molecule has 1 heterocycles. The Hall–Kier alpha value is -0.810. The van der Waals surface area contributed by atoms with Gasteiger partial charge in [-0.2, -0.15) is 5.26 Å². The van der Waals surface area contributed by atoms with E-state index in [0.717, 1.165) is 6.54 Å². The Kier molecular flexibility index (Phi) is 3.13. The minimum atomic E-state index is 0.523. The van der Waals surface area contributed by atoms with E-state index in [-0.39, 0.29) is 0 Å². The van der Waals surface area contributed by atoms with Crippen molar-refractivity contribution in [1.29, 1.82) is 5.26 Å². The van der Waals surface area contributed by atoms with Gasteiger partial charge in [0.1, 0.15) is 0 Å². The molecule has 1 saturated heterocycles. The van der Waals surface area contributed by atoms with Crippen LogP contribution in [-0.2, 0) is 0 Å². The Bertz CT molecular complexity index is 174. The normalized spacial score (nSPS) is 21.1. The number of nitriles is 1. The van der Waals surface area contributed by atoms with E-state index in [1.165, 1.54) is 19.5 Å². The third kappa shape index (κ3) is 2.73. The van der Waals surface area contributed by atoms with Crippen molar-refractivity contribution in [3.8, 4) is 6.07 Å². The summed E-state index contributed by atoms with van der Waals surface area (Å²) in [6.07, 6.45) is 4.89. The molecule has 0 aromatic heterocycles. The van der Waals surface area contributed by atoms with E-state index in [1.54, 1.807) is 6.08 Å². The van der Waals surface area contributed by atoms with Crippen molar-refractivity contribution in [1.82, 2.24) is 4.90 Å². The Morgan fingerprint density at radius 1 is 1.64 bits per heavy atom. The molecule has 1 aliphatic heterocycles. The van der Waals surface area contributed by atoms with Gasteiger partial charge in [0.25, 0.3) is 0 Å². The molecular weight excluding hydrogens is 136 g/mol. The first-order chi connectivity index (χ1) is 5.33. The average Bonchev–Trinajstić information content (AvgIpc) is 1.93. The lowest BCUT2D eigenvalue weighted by Crippen LogP contribution is -2.39. The Labute approximate surface area is 68.1 Å². The summed E-state index contributed by atoms with van der Waals surface area (Å²) in [5, 5.41) is 8.27. The average molecular weight is 150 g/mol. The summed E-state index contributed by atoms with van der Waals surface area (Å²) < 4.78 is 0. The van der Waals surface area contributed by atoms with Crippen LogP contribution in [0.3, 0.4) is 0 Å². The van der Waals surface area contributed by atoms with Crippen LogP contribution in [-0.4, -0.2) is 24.5 Å². The lowest BCUT2D eigenvalue weighted by atomic mass is 10.1. The molecule has 2 nitrogen and oxygen atoms in total. The van der Waals surface area contributed by atoms with Crippen molar-refractivity contribution in [2.45, 2.75) is 13.3 Å². The van der Waals surface area contributed by atoms with Gasteiger partial charge in [0.2, 0.25) is 0 Å². The fourth-order valence-corrected chi connectivity index (χ4v) is 1.24. The molecule has 1 fully saturated rings. The van der Waals surface area contributed by atoms with Crippen LogP contribution in [0.15, 0.2) is 12.2 Å². The monoisotopic (exact) mass is 150 g/mol. The van der Waals surface area contributed by atoms with Crippen LogP contribution in [0.1, 0.15) is 13.3 Å². The summed E-state index contributed by atoms with van der Waals surface area (Å²) in [4.78, 5) is 2.41. The predicted molar refractivity (Wildman–Crippen MR) is 45.0 cm³/mol. The third-order valence-corrected chi connectivity index (χ3v) is 1.99. The van der Waals surface area contributed by atoms with Gasteiger partial charge in [-0.15, -0.1) is 0 Å². The number of nitrogens with zero attached hydrogens (tertiary/aromatic N) is 2. The zero-order chi connectivity index (χ0) is 8.10. The highest BCUT2D eigenvalue weighted by atomic mass is 15.2. The van der Waals surface area contributed by atoms with Gasteiger partial charge in [0.05, 0.1) is 6.07 Å². The van der Waals surface area contributed by atoms with Gasteiger partial charge in [0.15, 0.2) is 0 Å². The maximum Gasteiger partial charge on any atom is 0.0908 e. The molecule has 0 radical (unpaired) electrons. The summed E-state index contributed by atoms with van der Waals surface area (Å²) in [5.74, 6) is 0.523. The van der Waals surface area contributed by atoms with Crippen LogP contribution in [0.5, 0.6) is 0 Å². The second kappa shape index (κ2) is 4.15. The van der Waals surface area contributed by atoms with Crippen molar-refractivity contribution in [2.24, 2.45) is 5.92 Å². The first-order valence-corrected chi connectivity index (χ1v) is 4.11. The number of likely N-dealkylation sites (tertiary alicyclic amines) is 1. The SMILES string of the molecule is CC(C=CC#N)CN1CCC1. The van der Waals surface area contributed by atoms with Crippen molar-refractivity contribution < 1.29 is 0 Å². The molecule has 60 valence electrons. The van der Waals surface area contributed by atoms with E-state index in [4.69, 9.17) is 5.26 Å². The van der Waals surface area contributed by atoms with Gasteiger partial charge < -0.3 is 4.90 Å². The molecule has 0 aromatic rings. The summed E-state index contributed by atoms with van der Waals surface area (Å²) in [7, 11) is 0. The van der Waals surface area contributed by atoms with Gasteiger partial charge in [0, 0.05) is 12.6 Å². The number of rotatable bonds is 3. The fraction of sp³-hybridized carbons (Fsp3) is 0.667. The molecule has 0 aromatic carbocycles. The molecule has 1 aliphatic rings. The van der Waals surface area contributed by atoms with Gasteiger partial charge in [-0.1, -0.05) is 13.0 Å². The number of hydrogen-bond acceptors (Lipinski definition) is 2. The number of allylic oxidation sites excluding steroid dienone is 1. The maximum absolute atomic E-state index is 8.27. The molecule has 11 heavy (non-hydrogen) atoms. The standard InChI is InChI=1S/C9H14N2/c1-9(4-2-5-10)8-11-6-3-7-11/h2,4,9H,3,6-8H2,1H3. The largest absolute Gasteiger partial charge is 0.303 e. The van der Waals surface area contributed by atoms with Crippen LogP contribution < -0.4 is 0 Å². The van der Waals surface area contributed by atoms with Crippen LogP contribution in [0, 0.1) is 17.2 Å². The number of hydrogen-bond donors (Lipinski definition) is 0.